The quantitative estimate of drug-likeness (QED) is 0.372. The number of ether oxygens (including phenoxy) is 1. The number of carbonyl (C=O) groups excluding carboxylic acids is 1. The summed E-state index contributed by atoms with van der Waals surface area (Å²) in [6, 6.07) is 19.5. The van der Waals surface area contributed by atoms with Crippen LogP contribution in [0, 0.1) is 5.92 Å². The molecule has 1 unspecified atom stereocenters. The minimum atomic E-state index is -0.645. The Morgan fingerprint density at radius 2 is 1.67 bits per heavy atom. The monoisotopic (exact) mass is 487 g/mol. The molecule has 0 aliphatic carbocycles. The summed E-state index contributed by atoms with van der Waals surface area (Å²) in [6.07, 6.45) is 0.840. The van der Waals surface area contributed by atoms with Crippen molar-refractivity contribution in [3.05, 3.63) is 92.6 Å². The lowest BCUT2D eigenvalue weighted by molar-refractivity contribution is -0.145. The predicted octanol–water partition coefficient (Wildman–Crippen LogP) is 2.34. The summed E-state index contributed by atoms with van der Waals surface area (Å²) < 4.78 is 9.49. The van der Waals surface area contributed by atoms with Crippen LogP contribution in [0.15, 0.2) is 70.3 Å². The molecule has 9 nitrogen and oxygen atoms in total. The molecule has 0 saturated carbocycles. The smallest absolute Gasteiger partial charge is 0.333 e. The molecule has 1 aliphatic rings. The fourth-order valence-corrected chi connectivity index (χ4v) is 4.75. The number of hydrogen-bond acceptors (Lipinski definition) is 6. The van der Waals surface area contributed by atoms with Crippen LogP contribution in [0.2, 0.25) is 0 Å². The van der Waals surface area contributed by atoms with Gasteiger partial charge in [-0.05, 0) is 23.5 Å². The third-order valence-electron chi connectivity index (χ3n) is 6.56. The van der Waals surface area contributed by atoms with E-state index >= 15 is 0 Å². The van der Waals surface area contributed by atoms with E-state index in [1.54, 1.807) is 7.05 Å². The van der Waals surface area contributed by atoms with E-state index in [0.29, 0.717) is 23.7 Å². The second-order valence-electron chi connectivity index (χ2n) is 9.36. The number of fused-ring (bicyclic) bond motifs is 3. The molecule has 2 aromatic heterocycles. The number of nitrogens with zero attached hydrogens (tertiary/aromatic N) is 5. The molecule has 3 heterocycles. The summed E-state index contributed by atoms with van der Waals surface area (Å²) in [6.45, 7) is 3.91. The molecule has 2 aromatic carbocycles. The van der Waals surface area contributed by atoms with Crippen LogP contribution < -0.4 is 16.1 Å². The SMILES string of the molecule is CC1CN(CCc2ccccc2)c2nc3c(c(=O)n(CC(=O)OCc4ccccc4)c(=O)n3C)n2C1. The first-order chi connectivity index (χ1) is 17.4. The lowest BCUT2D eigenvalue weighted by Gasteiger charge is -2.33. The van der Waals surface area contributed by atoms with Crippen molar-refractivity contribution in [3.8, 4) is 0 Å². The van der Waals surface area contributed by atoms with Crippen molar-refractivity contribution in [3.63, 3.8) is 0 Å². The van der Waals surface area contributed by atoms with Crippen molar-refractivity contribution in [2.75, 3.05) is 18.0 Å². The molecule has 1 atom stereocenters. The lowest BCUT2D eigenvalue weighted by atomic mass is 10.1. The first-order valence-corrected chi connectivity index (χ1v) is 12.1. The fourth-order valence-electron chi connectivity index (χ4n) is 4.75. The van der Waals surface area contributed by atoms with Gasteiger partial charge in [-0.2, -0.15) is 4.98 Å². The summed E-state index contributed by atoms with van der Waals surface area (Å²) in [5, 5.41) is 0. The van der Waals surface area contributed by atoms with E-state index in [9.17, 15) is 14.4 Å². The number of anilines is 1. The maximum Gasteiger partial charge on any atom is 0.333 e. The summed E-state index contributed by atoms with van der Waals surface area (Å²) in [7, 11) is 1.58. The zero-order valence-corrected chi connectivity index (χ0v) is 20.5. The summed E-state index contributed by atoms with van der Waals surface area (Å²) >= 11 is 0. The normalized spacial score (nSPS) is 15.2. The van der Waals surface area contributed by atoms with E-state index in [0.717, 1.165) is 29.6 Å². The van der Waals surface area contributed by atoms with Crippen molar-refractivity contribution < 1.29 is 9.53 Å². The molecule has 186 valence electrons. The molecule has 0 radical (unpaired) electrons. The highest BCUT2D eigenvalue weighted by Gasteiger charge is 2.29. The Bertz CT molecular complexity index is 1500. The fraction of sp³-hybridized carbons (Fsp3) is 0.333. The van der Waals surface area contributed by atoms with Crippen LogP contribution >= 0.6 is 0 Å². The average molecular weight is 488 g/mol. The van der Waals surface area contributed by atoms with Gasteiger partial charge in [0.05, 0.1) is 0 Å². The topological polar surface area (TPSA) is 91.4 Å². The zero-order valence-electron chi connectivity index (χ0n) is 20.5. The molecule has 1 aliphatic heterocycles. The predicted molar refractivity (Wildman–Crippen MR) is 137 cm³/mol. The molecule has 4 aromatic rings. The van der Waals surface area contributed by atoms with Crippen molar-refractivity contribution in [1.29, 1.82) is 0 Å². The van der Waals surface area contributed by atoms with Crippen LogP contribution in [0.4, 0.5) is 5.95 Å². The Labute approximate surface area is 208 Å². The van der Waals surface area contributed by atoms with Gasteiger partial charge in [-0.25, -0.2) is 9.36 Å². The average Bonchev–Trinajstić information content (AvgIpc) is 3.28. The molecule has 0 bridgehead atoms. The van der Waals surface area contributed by atoms with E-state index in [-0.39, 0.29) is 12.5 Å². The van der Waals surface area contributed by atoms with Gasteiger partial charge in [0.2, 0.25) is 5.95 Å². The van der Waals surface area contributed by atoms with Gasteiger partial charge in [0.25, 0.3) is 5.56 Å². The first-order valence-electron chi connectivity index (χ1n) is 12.1. The van der Waals surface area contributed by atoms with Crippen LogP contribution in [0.3, 0.4) is 0 Å². The highest BCUT2D eigenvalue weighted by molar-refractivity contribution is 5.76. The van der Waals surface area contributed by atoms with Crippen LogP contribution in [0.1, 0.15) is 18.1 Å². The second kappa shape index (κ2) is 9.85. The maximum atomic E-state index is 13.5. The molecule has 36 heavy (non-hydrogen) atoms. The summed E-state index contributed by atoms with van der Waals surface area (Å²) in [5.41, 5.74) is 1.59. The molecular formula is C27H29N5O4. The van der Waals surface area contributed by atoms with Crippen LogP contribution in [0.5, 0.6) is 0 Å². The van der Waals surface area contributed by atoms with Gasteiger partial charge in [-0.15, -0.1) is 0 Å². The zero-order chi connectivity index (χ0) is 25.2. The number of esters is 1. The number of imidazole rings is 1. The number of aromatic nitrogens is 4. The minimum Gasteiger partial charge on any atom is -0.459 e. The first kappa shape index (κ1) is 23.6. The summed E-state index contributed by atoms with van der Waals surface area (Å²) in [5.74, 6) is 0.316. The van der Waals surface area contributed by atoms with Crippen molar-refractivity contribution in [1.82, 2.24) is 18.7 Å². The van der Waals surface area contributed by atoms with Gasteiger partial charge in [0.15, 0.2) is 11.2 Å². The van der Waals surface area contributed by atoms with Gasteiger partial charge in [0.1, 0.15) is 13.2 Å². The van der Waals surface area contributed by atoms with E-state index in [1.807, 2.05) is 53.1 Å². The molecular weight excluding hydrogens is 458 g/mol. The second-order valence-corrected chi connectivity index (χ2v) is 9.36. The van der Waals surface area contributed by atoms with E-state index in [4.69, 9.17) is 9.72 Å². The Morgan fingerprint density at radius 1 is 1.00 bits per heavy atom. The molecule has 0 N–H and O–H groups in total. The highest BCUT2D eigenvalue weighted by atomic mass is 16.5. The van der Waals surface area contributed by atoms with Crippen LogP contribution in [-0.2, 0) is 42.7 Å². The third kappa shape index (κ3) is 4.56. The van der Waals surface area contributed by atoms with Gasteiger partial charge in [-0.3, -0.25) is 14.2 Å². The number of hydrogen-bond donors (Lipinski definition) is 0. The van der Waals surface area contributed by atoms with E-state index in [1.165, 1.54) is 10.1 Å². The minimum absolute atomic E-state index is 0.0763. The number of aryl methyl sites for hydroxylation is 1. The highest BCUT2D eigenvalue weighted by Crippen LogP contribution is 2.27. The van der Waals surface area contributed by atoms with E-state index in [2.05, 4.69) is 24.0 Å². The standard InChI is InChI=1S/C27H29N5O4/c1-19-15-30(14-13-20-9-5-3-6-10-20)26-28-24-23(31(26)16-19)25(34)32(27(35)29(24)2)17-22(33)36-18-21-11-7-4-8-12-21/h3-12,19H,13-18H2,1-2H3. The van der Waals surface area contributed by atoms with E-state index < -0.39 is 23.8 Å². The van der Waals surface area contributed by atoms with Crippen molar-refractivity contribution in [2.45, 2.75) is 33.0 Å². The van der Waals surface area contributed by atoms with Crippen molar-refractivity contribution in [2.24, 2.45) is 13.0 Å². The number of rotatable bonds is 7. The molecule has 0 fully saturated rings. The molecule has 0 spiro atoms. The van der Waals surface area contributed by atoms with Gasteiger partial charge >= 0.3 is 11.7 Å². The van der Waals surface area contributed by atoms with Gasteiger partial charge in [-0.1, -0.05) is 67.6 Å². The molecule has 5 rings (SSSR count). The molecule has 0 amide bonds. The lowest BCUT2D eigenvalue weighted by Crippen LogP contribution is -2.42. The largest absolute Gasteiger partial charge is 0.459 e. The Hall–Kier alpha value is -4.14. The third-order valence-corrected chi connectivity index (χ3v) is 6.56. The van der Waals surface area contributed by atoms with Gasteiger partial charge in [0, 0.05) is 26.7 Å². The molecule has 0 saturated heterocycles. The maximum absolute atomic E-state index is 13.5. The summed E-state index contributed by atoms with van der Waals surface area (Å²) in [4.78, 5) is 46.0. The Kier molecular flexibility index (Phi) is 6.45. The molecule has 9 heteroatoms. The Morgan fingerprint density at radius 3 is 2.36 bits per heavy atom. The van der Waals surface area contributed by atoms with Crippen LogP contribution in [0.25, 0.3) is 11.2 Å². The van der Waals surface area contributed by atoms with Crippen molar-refractivity contribution >= 4 is 23.1 Å². The number of carbonyl (C=O) groups is 1. The van der Waals surface area contributed by atoms with Gasteiger partial charge < -0.3 is 14.2 Å². The Balaban J connectivity index is 1.45. The van der Waals surface area contributed by atoms with Crippen LogP contribution in [-0.4, -0.2) is 37.7 Å². The number of benzene rings is 2.